The molecule has 0 spiro atoms. The van der Waals surface area contributed by atoms with Gasteiger partial charge in [-0.25, -0.2) is 13.0 Å². The Labute approximate surface area is 161 Å². The Balaban J connectivity index is 0.000000571. The predicted molar refractivity (Wildman–Crippen MR) is 81.4 cm³/mol. The van der Waals surface area contributed by atoms with Crippen molar-refractivity contribution in [1.29, 1.82) is 0 Å². The van der Waals surface area contributed by atoms with Crippen LogP contribution < -0.4 is 4.57 Å². The summed E-state index contributed by atoms with van der Waals surface area (Å²) in [4.78, 5) is 0. The first-order valence-corrected chi connectivity index (χ1v) is 9.44. The summed E-state index contributed by atoms with van der Waals surface area (Å²) in [6.45, 7) is 3.41. The van der Waals surface area contributed by atoms with Crippen LogP contribution >= 0.6 is 0 Å². The molecule has 1 aromatic heterocycles. The Morgan fingerprint density at radius 1 is 0.793 bits per heavy atom. The first-order chi connectivity index (χ1) is 12.9. The van der Waals surface area contributed by atoms with E-state index in [1.165, 1.54) is 32.2 Å². The lowest BCUT2D eigenvalue weighted by Crippen LogP contribution is -2.63. The highest BCUT2D eigenvalue weighted by Gasteiger charge is 2.83. The SMILES string of the molecule is CCCCCC[n+]1ccccc1.O=S(=O)([O-])C(F)(F)C(F)(F)C(F)(F)C(F)(F)F. The number of hydrogen-bond donors (Lipinski definition) is 0. The first kappa shape index (κ1) is 27.4. The standard InChI is InChI=1S/C11H18N.C4HF9O3S/c1-2-3-4-6-9-12-10-7-5-8-11-12;5-1(6,3(9,10)11)2(7,8)4(12,13)17(14,15)16/h5,7-8,10-11H,2-4,6,9H2,1H3;(H,14,15,16)/q+1;/p-1. The Kier molecular flexibility index (Phi) is 9.42. The molecule has 0 N–H and O–H groups in total. The van der Waals surface area contributed by atoms with E-state index >= 15 is 0 Å². The molecule has 14 heteroatoms. The minimum atomic E-state index is -7.43. The lowest BCUT2D eigenvalue weighted by Gasteiger charge is -2.34. The largest absolute Gasteiger partial charge is 0.743 e. The van der Waals surface area contributed by atoms with Crippen LogP contribution in [-0.2, 0) is 16.7 Å². The molecule has 0 aliphatic carbocycles. The van der Waals surface area contributed by atoms with Gasteiger partial charge in [0, 0.05) is 18.6 Å². The van der Waals surface area contributed by atoms with Gasteiger partial charge in [-0.05, 0) is 6.42 Å². The molecule has 0 fully saturated rings. The average Bonchev–Trinajstić information content (AvgIpc) is 2.58. The van der Waals surface area contributed by atoms with Crippen molar-refractivity contribution in [3.05, 3.63) is 30.6 Å². The fraction of sp³-hybridized carbons (Fsp3) is 0.667. The highest BCUT2D eigenvalue weighted by Crippen LogP contribution is 2.54. The van der Waals surface area contributed by atoms with Gasteiger partial charge in [0.1, 0.15) is 6.54 Å². The highest BCUT2D eigenvalue weighted by atomic mass is 32.2. The lowest BCUT2D eigenvalue weighted by atomic mass is 10.1. The van der Waals surface area contributed by atoms with Crippen molar-refractivity contribution in [2.24, 2.45) is 0 Å². The molecule has 0 atom stereocenters. The third-order valence-electron chi connectivity index (χ3n) is 3.48. The number of hydrogen-bond acceptors (Lipinski definition) is 3. The molecule has 0 aromatic carbocycles. The number of rotatable bonds is 8. The number of unbranched alkanes of at least 4 members (excludes halogenated alkanes) is 3. The maximum Gasteiger partial charge on any atom is 0.460 e. The number of nitrogens with zero attached hydrogens (tertiary/aromatic N) is 1. The van der Waals surface area contributed by atoms with Crippen LogP contribution in [0.1, 0.15) is 32.6 Å². The maximum absolute atomic E-state index is 12.2. The Bertz CT molecular complexity index is 722. The van der Waals surface area contributed by atoms with Crippen molar-refractivity contribution in [1.82, 2.24) is 0 Å². The van der Waals surface area contributed by atoms with Gasteiger partial charge in [0.2, 0.25) is 0 Å². The van der Waals surface area contributed by atoms with Crippen LogP contribution in [0.25, 0.3) is 0 Å². The summed E-state index contributed by atoms with van der Waals surface area (Å²) in [5, 5.41) is -7.11. The summed E-state index contributed by atoms with van der Waals surface area (Å²) in [7, 11) is -7.42. The molecule has 4 nitrogen and oxygen atoms in total. The predicted octanol–water partition coefficient (Wildman–Crippen LogP) is 4.51. The van der Waals surface area contributed by atoms with Gasteiger partial charge in [0.25, 0.3) is 0 Å². The minimum Gasteiger partial charge on any atom is -0.743 e. The van der Waals surface area contributed by atoms with E-state index in [0.29, 0.717) is 0 Å². The van der Waals surface area contributed by atoms with Crippen LogP contribution in [0.2, 0.25) is 0 Å². The Morgan fingerprint density at radius 2 is 1.28 bits per heavy atom. The third-order valence-corrected chi connectivity index (χ3v) is 4.36. The van der Waals surface area contributed by atoms with Gasteiger partial charge in [0.15, 0.2) is 22.5 Å². The number of halogens is 9. The molecule has 0 amide bonds. The molecular formula is C15H18F9NO3S. The van der Waals surface area contributed by atoms with Gasteiger partial charge in [-0.1, -0.05) is 25.8 Å². The number of aromatic nitrogens is 1. The molecule has 0 bridgehead atoms. The molecule has 1 aromatic rings. The maximum atomic E-state index is 12.2. The molecule has 29 heavy (non-hydrogen) atoms. The first-order valence-electron chi connectivity index (χ1n) is 8.03. The molecule has 0 aliphatic heterocycles. The molecule has 0 saturated carbocycles. The van der Waals surface area contributed by atoms with Gasteiger partial charge in [-0.15, -0.1) is 0 Å². The normalized spacial score (nSPS) is 13.6. The van der Waals surface area contributed by atoms with Gasteiger partial charge in [0.05, 0.1) is 0 Å². The van der Waals surface area contributed by atoms with Crippen LogP contribution in [0, 0.1) is 0 Å². The Hall–Kier alpha value is -1.57. The van der Waals surface area contributed by atoms with E-state index in [9.17, 15) is 52.5 Å². The fourth-order valence-electron chi connectivity index (χ4n) is 1.82. The van der Waals surface area contributed by atoms with Crippen molar-refractivity contribution >= 4 is 10.1 Å². The number of pyridine rings is 1. The van der Waals surface area contributed by atoms with Crippen LogP contribution in [0.5, 0.6) is 0 Å². The fourth-order valence-corrected chi connectivity index (χ4v) is 2.26. The smallest absolute Gasteiger partial charge is 0.460 e. The third kappa shape index (κ3) is 6.73. The lowest BCUT2D eigenvalue weighted by molar-refractivity contribution is -0.697. The van der Waals surface area contributed by atoms with Crippen molar-refractivity contribution in [3.63, 3.8) is 0 Å². The summed E-state index contributed by atoms with van der Waals surface area (Å²) in [6, 6.07) is 6.22. The molecule has 0 radical (unpaired) electrons. The van der Waals surface area contributed by atoms with Crippen LogP contribution in [0.3, 0.4) is 0 Å². The van der Waals surface area contributed by atoms with Crippen LogP contribution in [-0.4, -0.2) is 36.2 Å². The zero-order valence-electron chi connectivity index (χ0n) is 14.9. The second-order valence-electron chi connectivity index (χ2n) is 5.79. The van der Waals surface area contributed by atoms with Crippen molar-refractivity contribution in [2.45, 2.75) is 62.4 Å². The van der Waals surface area contributed by atoms with E-state index in [1.54, 1.807) is 0 Å². The molecule has 0 aliphatic rings. The van der Waals surface area contributed by atoms with E-state index in [-0.39, 0.29) is 0 Å². The van der Waals surface area contributed by atoms with Gasteiger partial charge < -0.3 is 4.55 Å². The summed E-state index contributed by atoms with van der Waals surface area (Å²) in [5.74, 6) is -14.8. The van der Waals surface area contributed by atoms with E-state index in [1.807, 2.05) is 0 Å². The molecule has 1 heterocycles. The minimum absolute atomic E-state index is 1.17. The van der Waals surface area contributed by atoms with Crippen LogP contribution in [0.4, 0.5) is 39.5 Å². The molecular weight excluding hydrogens is 445 g/mol. The second kappa shape index (κ2) is 9.96. The molecule has 0 unspecified atom stereocenters. The van der Waals surface area contributed by atoms with Gasteiger partial charge >= 0.3 is 23.3 Å². The van der Waals surface area contributed by atoms with Crippen molar-refractivity contribution in [2.75, 3.05) is 0 Å². The second-order valence-corrected chi connectivity index (χ2v) is 7.21. The van der Waals surface area contributed by atoms with Gasteiger partial charge in [-0.2, -0.15) is 39.5 Å². The van der Waals surface area contributed by atoms with Crippen LogP contribution in [0.15, 0.2) is 30.6 Å². The topological polar surface area (TPSA) is 61.1 Å². The molecule has 170 valence electrons. The van der Waals surface area contributed by atoms with Gasteiger partial charge in [-0.3, -0.25) is 0 Å². The highest BCUT2D eigenvalue weighted by molar-refractivity contribution is 7.86. The van der Waals surface area contributed by atoms with Crippen molar-refractivity contribution < 1.29 is 57.1 Å². The van der Waals surface area contributed by atoms with E-state index < -0.39 is 33.4 Å². The van der Waals surface area contributed by atoms with Crippen molar-refractivity contribution in [3.8, 4) is 0 Å². The summed E-state index contributed by atoms with van der Waals surface area (Å²) in [5.41, 5.74) is 0. The molecule has 0 saturated heterocycles. The summed E-state index contributed by atoms with van der Waals surface area (Å²) in [6.07, 6.45) is 2.45. The average molecular weight is 463 g/mol. The Morgan fingerprint density at radius 3 is 1.66 bits per heavy atom. The number of aryl methyl sites for hydroxylation is 1. The monoisotopic (exact) mass is 463 g/mol. The quantitative estimate of drug-likeness (QED) is 0.247. The zero-order valence-corrected chi connectivity index (χ0v) is 15.7. The van der Waals surface area contributed by atoms with E-state index in [0.717, 1.165) is 0 Å². The van der Waals surface area contributed by atoms with E-state index in [2.05, 4.69) is 42.1 Å². The summed E-state index contributed by atoms with van der Waals surface area (Å²) >= 11 is 0. The summed E-state index contributed by atoms with van der Waals surface area (Å²) < 4.78 is 138. The zero-order chi connectivity index (χ0) is 23.1. The molecule has 1 rings (SSSR count). The number of alkyl halides is 9. The van der Waals surface area contributed by atoms with E-state index in [4.69, 9.17) is 0 Å².